The van der Waals surface area contributed by atoms with Gasteiger partial charge in [0, 0.05) is 13.1 Å². The molecule has 0 saturated carbocycles. The second-order valence-electron chi connectivity index (χ2n) is 2.63. The summed E-state index contributed by atoms with van der Waals surface area (Å²) in [6.07, 6.45) is 4.52. The van der Waals surface area contributed by atoms with Crippen LogP contribution in [0.1, 0.15) is 19.8 Å². The topological polar surface area (TPSA) is 29.3 Å². The summed E-state index contributed by atoms with van der Waals surface area (Å²) in [7, 11) is 0. The molecule has 0 aliphatic carbocycles. The van der Waals surface area contributed by atoms with Crippen molar-refractivity contribution in [3.63, 3.8) is 0 Å². The molecule has 0 aromatic carbocycles. The van der Waals surface area contributed by atoms with Gasteiger partial charge in [0.25, 0.3) is 0 Å². The standard InChI is InChI=1S/C7H14N2/c1-7-3-2-5-9(8)6-4-7/h3H,2,4-6,8H2,1H3. The summed E-state index contributed by atoms with van der Waals surface area (Å²) in [6, 6.07) is 0. The first-order chi connectivity index (χ1) is 4.29. The third-order valence-electron chi connectivity index (χ3n) is 1.70. The molecule has 0 bridgehead atoms. The van der Waals surface area contributed by atoms with Crippen LogP contribution in [0.25, 0.3) is 0 Å². The van der Waals surface area contributed by atoms with E-state index < -0.39 is 0 Å². The molecular formula is C7H14N2. The van der Waals surface area contributed by atoms with Gasteiger partial charge < -0.3 is 0 Å². The fourth-order valence-electron chi connectivity index (χ4n) is 1.01. The minimum atomic E-state index is 1.01. The van der Waals surface area contributed by atoms with Crippen molar-refractivity contribution in [2.75, 3.05) is 13.1 Å². The minimum Gasteiger partial charge on any atom is -0.269 e. The van der Waals surface area contributed by atoms with Gasteiger partial charge in [-0.05, 0) is 19.8 Å². The van der Waals surface area contributed by atoms with Crippen LogP contribution in [0.3, 0.4) is 0 Å². The highest BCUT2D eigenvalue weighted by Gasteiger charge is 2.01. The summed E-state index contributed by atoms with van der Waals surface area (Å²) in [5.74, 6) is 5.60. The summed E-state index contributed by atoms with van der Waals surface area (Å²) in [4.78, 5) is 0. The first-order valence-electron chi connectivity index (χ1n) is 3.44. The van der Waals surface area contributed by atoms with E-state index in [1.165, 1.54) is 5.57 Å². The van der Waals surface area contributed by atoms with Crippen LogP contribution >= 0.6 is 0 Å². The van der Waals surface area contributed by atoms with E-state index in [9.17, 15) is 0 Å². The largest absolute Gasteiger partial charge is 0.269 e. The van der Waals surface area contributed by atoms with Crippen LogP contribution in [0.2, 0.25) is 0 Å². The summed E-state index contributed by atoms with van der Waals surface area (Å²) >= 11 is 0. The molecule has 0 atom stereocenters. The molecule has 0 radical (unpaired) electrons. The Morgan fingerprint density at radius 1 is 1.56 bits per heavy atom. The Balaban J connectivity index is 2.39. The van der Waals surface area contributed by atoms with Crippen molar-refractivity contribution in [1.29, 1.82) is 0 Å². The van der Waals surface area contributed by atoms with Crippen LogP contribution in [0.15, 0.2) is 11.6 Å². The molecule has 0 fully saturated rings. The molecule has 0 aromatic heterocycles. The van der Waals surface area contributed by atoms with E-state index in [-0.39, 0.29) is 0 Å². The molecule has 52 valence electrons. The van der Waals surface area contributed by atoms with E-state index in [4.69, 9.17) is 5.84 Å². The molecule has 0 amide bonds. The molecular weight excluding hydrogens is 112 g/mol. The van der Waals surface area contributed by atoms with E-state index in [2.05, 4.69) is 13.0 Å². The number of nitrogens with zero attached hydrogens (tertiary/aromatic N) is 1. The van der Waals surface area contributed by atoms with Crippen molar-refractivity contribution < 1.29 is 0 Å². The maximum atomic E-state index is 5.60. The van der Waals surface area contributed by atoms with Gasteiger partial charge in [-0.2, -0.15) is 0 Å². The third kappa shape index (κ3) is 2.16. The maximum Gasteiger partial charge on any atom is 0.0165 e. The molecule has 1 aliphatic heterocycles. The van der Waals surface area contributed by atoms with E-state index in [0.717, 1.165) is 25.9 Å². The maximum absolute atomic E-state index is 5.60. The lowest BCUT2D eigenvalue weighted by atomic mass is 10.2. The summed E-state index contributed by atoms with van der Waals surface area (Å²) in [5, 5.41) is 1.88. The summed E-state index contributed by atoms with van der Waals surface area (Å²) < 4.78 is 0. The van der Waals surface area contributed by atoms with Crippen molar-refractivity contribution in [3.8, 4) is 0 Å². The summed E-state index contributed by atoms with van der Waals surface area (Å²) in [5.41, 5.74) is 1.47. The number of hydrazine groups is 1. The van der Waals surface area contributed by atoms with Gasteiger partial charge in [-0.3, -0.25) is 5.84 Å². The minimum absolute atomic E-state index is 1.01. The zero-order valence-electron chi connectivity index (χ0n) is 5.93. The molecule has 2 heteroatoms. The Bertz CT molecular complexity index is 118. The van der Waals surface area contributed by atoms with Crippen LogP contribution in [0.5, 0.6) is 0 Å². The van der Waals surface area contributed by atoms with Crippen LogP contribution in [0.4, 0.5) is 0 Å². The highest BCUT2D eigenvalue weighted by Crippen LogP contribution is 2.06. The fourth-order valence-corrected chi connectivity index (χ4v) is 1.01. The zero-order valence-corrected chi connectivity index (χ0v) is 5.93. The van der Waals surface area contributed by atoms with Crippen LogP contribution in [-0.4, -0.2) is 18.1 Å². The van der Waals surface area contributed by atoms with Crippen molar-refractivity contribution in [1.82, 2.24) is 5.01 Å². The van der Waals surface area contributed by atoms with Gasteiger partial charge in [0.2, 0.25) is 0 Å². The third-order valence-corrected chi connectivity index (χ3v) is 1.70. The zero-order chi connectivity index (χ0) is 6.69. The number of hydrogen-bond acceptors (Lipinski definition) is 2. The molecule has 2 nitrogen and oxygen atoms in total. The van der Waals surface area contributed by atoms with Gasteiger partial charge in [0.05, 0.1) is 0 Å². The predicted molar refractivity (Wildman–Crippen MR) is 38.8 cm³/mol. The Labute approximate surface area is 56.3 Å². The second-order valence-corrected chi connectivity index (χ2v) is 2.63. The fraction of sp³-hybridized carbons (Fsp3) is 0.714. The molecule has 1 aliphatic rings. The lowest BCUT2D eigenvalue weighted by Crippen LogP contribution is -2.31. The quantitative estimate of drug-likeness (QED) is 0.386. The van der Waals surface area contributed by atoms with Gasteiger partial charge in [-0.15, -0.1) is 0 Å². The molecule has 1 heterocycles. The molecule has 1 rings (SSSR count). The predicted octanol–water partition coefficient (Wildman–Crippen LogP) is 0.902. The molecule has 2 N–H and O–H groups in total. The summed E-state index contributed by atoms with van der Waals surface area (Å²) in [6.45, 7) is 4.19. The Morgan fingerprint density at radius 3 is 3.11 bits per heavy atom. The molecule has 0 spiro atoms. The highest BCUT2D eigenvalue weighted by atomic mass is 15.4. The van der Waals surface area contributed by atoms with E-state index in [1.54, 1.807) is 0 Å². The van der Waals surface area contributed by atoms with E-state index in [1.807, 2.05) is 5.01 Å². The van der Waals surface area contributed by atoms with Gasteiger partial charge >= 0.3 is 0 Å². The Morgan fingerprint density at radius 2 is 2.33 bits per heavy atom. The van der Waals surface area contributed by atoms with Crippen LogP contribution in [0, 0.1) is 0 Å². The molecule has 9 heavy (non-hydrogen) atoms. The highest BCUT2D eigenvalue weighted by molar-refractivity contribution is 5.00. The van der Waals surface area contributed by atoms with Gasteiger partial charge in [0.15, 0.2) is 0 Å². The second kappa shape index (κ2) is 2.99. The SMILES string of the molecule is CC1=CCCN(N)CC1. The van der Waals surface area contributed by atoms with Gasteiger partial charge in [-0.25, -0.2) is 5.01 Å². The Hall–Kier alpha value is -0.340. The monoisotopic (exact) mass is 126 g/mol. The Kier molecular flexibility index (Phi) is 2.25. The van der Waals surface area contributed by atoms with Crippen molar-refractivity contribution in [2.45, 2.75) is 19.8 Å². The lowest BCUT2D eigenvalue weighted by Gasteiger charge is -2.10. The van der Waals surface area contributed by atoms with E-state index in [0.29, 0.717) is 0 Å². The first-order valence-corrected chi connectivity index (χ1v) is 3.44. The normalized spacial score (nSPS) is 23.1. The van der Waals surface area contributed by atoms with Crippen LogP contribution in [-0.2, 0) is 0 Å². The lowest BCUT2D eigenvalue weighted by molar-refractivity contribution is 0.299. The van der Waals surface area contributed by atoms with Crippen LogP contribution < -0.4 is 5.84 Å². The van der Waals surface area contributed by atoms with Gasteiger partial charge in [-0.1, -0.05) is 11.6 Å². The van der Waals surface area contributed by atoms with Crippen molar-refractivity contribution >= 4 is 0 Å². The van der Waals surface area contributed by atoms with E-state index >= 15 is 0 Å². The smallest absolute Gasteiger partial charge is 0.0165 e. The number of hydrogen-bond donors (Lipinski definition) is 1. The first kappa shape index (κ1) is 6.78. The molecule has 0 unspecified atom stereocenters. The van der Waals surface area contributed by atoms with Crippen molar-refractivity contribution in [2.24, 2.45) is 5.84 Å². The molecule has 0 saturated heterocycles. The number of nitrogens with two attached hydrogens (primary N) is 1. The van der Waals surface area contributed by atoms with Gasteiger partial charge in [0.1, 0.15) is 0 Å². The average Bonchev–Trinajstić information content (AvgIpc) is 1.97. The number of rotatable bonds is 0. The average molecular weight is 126 g/mol. The molecule has 0 aromatic rings. The van der Waals surface area contributed by atoms with Crippen molar-refractivity contribution in [3.05, 3.63) is 11.6 Å².